The highest BCUT2D eigenvalue weighted by molar-refractivity contribution is 7.91. The number of anilines is 1. The molecule has 0 aliphatic carbocycles. The molecule has 38 heavy (non-hydrogen) atoms. The van der Waals surface area contributed by atoms with Gasteiger partial charge in [0, 0.05) is 18.1 Å². The van der Waals surface area contributed by atoms with Crippen molar-refractivity contribution in [2.24, 2.45) is 0 Å². The van der Waals surface area contributed by atoms with Crippen LogP contribution < -0.4 is 10.1 Å². The Balaban J connectivity index is 1.98. The highest BCUT2D eigenvalue weighted by Crippen LogP contribution is 2.46. The summed E-state index contributed by atoms with van der Waals surface area (Å²) in [6.07, 6.45) is -4.57. The van der Waals surface area contributed by atoms with Crippen LogP contribution in [0, 0.1) is 0 Å². The van der Waals surface area contributed by atoms with E-state index in [0.717, 1.165) is 17.7 Å². The fourth-order valence-electron chi connectivity index (χ4n) is 3.96. The summed E-state index contributed by atoms with van der Waals surface area (Å²) >= 11 is 0. The van der Waals surface area contributed by atoms with Crippen molar-refractivity contribution in [2.45, 2.75) is 24.9 Å². The van der Waals surface area contributed by atoms with Crippen LogP contribution in [0.1, 0.15) is 19.4 Å². The van der Waals surface area contributed by atoms with Gasteiger partial charge in [-0.25, -0.2) is 8.42 Å². The number of nitrogens with one attached hydrogen (secondary N) is 1. The molecule has 196 valence electrons. The number of carbonyl (C=O) groups is 1. The van der Waals surface area contributed by atoms with E-state index in [-0.39, 0.29) is 28.1 Å². The largest absolute Gasteiger partial charge is 0.456 e. The predicted molar refractivity (Wildman–Crippen MR) is 141 cm³/mol. The minimum atomic E-state index is -4.57. The average molecular weight is 540 g/mol. The Morgan fingerprint density at radius 3 is 2.16 bits per heavy atom. The maximum absolute atomic E-state index is 13.4. The highest BCUT2D eigenvalue weighted by Gasteiger charge is 2.31. The van der Waals surface area contributed by atoms with Crippen LogP contribution >= 0.6 is 0 Å². The number of hydrogen-bond donors (Lipinski definition) is 1. The molecule has 0 radical (unpaired) electrons. The molecule has 0 saturated carbocycles. The third-order valence-corrected chi connectivity index (χ3v) is 7.57. The van der Waals surface area contributed by atoms with Gasteiger partial charge in [-0.15, -0.1) is 0 Å². The molecule has 4 rings (SSSR count). The fourth-order valence-corrected chi connectivity index (χ4v) is 4.85. The summed E-state index contributed by atoms with van der Waals surface area (Å²) in [6.45, 7) is 2.88. The molecule has 0 atom stereocenters. The van der Waals surface area contributed by atoms with Crippen molar-refractivity contribution in [1.82, 2.24) is 0 Å². The van der Waals surface area contributed by atoms with E-state index >= 15 is 0 Å². The lowest BCUT2D eigenvalue weighted by Crippen LogP contribution is -2.08. The van der Waals surface area contributed by atoms with E-state index in [0.29, 0.717) is 22.4 Å². The molecule has 0 spiro atoms. The minimum absolute atomic E-state index is 0.0524. The first kappa shape index (κ1) is 26.9. The van der Waals surface area contributed by atoms with Crippen LogP contribution in [0.4, 0.5) is 18.9 Å². The SMILES string of the molecule is CCS(=O)(=O)c1ccc(-c2c(NC(C)=O)ccc(-c3ccccc3)c2Oc2cccc(C(F)(F)F)c2)cc1. The lowest BCUT2D eigenvalue weighted by molar-refractivity contribution is -0.137. The lowest BCUT2D eigenvalue weighted by atomic mass is 9.95. The van der Waals surface area contributed by atoms with Crippen molar-refractivity contribution in [3.05, 3.63) is 96.6 Å². The van der Waals surface area contributed by atoms with E-state index in [1.54, 1.807) is 31.2 Å². The molecule has 0 heterocycles. The molecular weight excluding hydrogens is 515 g/mol. The Morgan fingerprint density at radius 1 is 0.868 bits per heavy atom. The van der Waals surface area contributed by atoms with Crippen LogP contribution in [-0.4, -0.2) is 20.1 Å². The summed E-state index contributed by atoms with van der Waals surface area (Å²) in [5.74, 6) is -0.290. The summed E-state index contributed by atoms with van der Waals surface area (Å²) in [4.78, 5) is 12.2. The van der Waals surface area contributed by atoms with Gasteiger partial charge in [-0.2, -0.15) is 13.2 Å². The van der Waals surface area contributed by atoms with Crippen molar-refractivity contribution in [2.75, 3.05) is 11.1 Å². The predicted octanol–water partition coefficient (Wildman–Crippen LogP) is 7.58. The molecule has 5 nitrogen and oxygen atoms in total. The molecule has 0 aliphatic heterocycles. The van der Waals surface area contributed by atoms with Gasteiger partial charge in [-0.1, -0.05) is 55.5 Å². The van der Waals surface area contributed by atoms with Crippen LogP contribution in [0.3, 0.4) is 0 Å². The van der Waals surface area contributed by atoms with Gasteiger partial charge in [0.1, 0.15) is 11.5 Å². The van der Waals surface area contributed by atoms with Crippen LogP contribution in [0.15, 0.2) is 95.9 Å². The second-order valence-corrected chi connectivity index (χ2v) is 10.7. The monoisotopic (exact) mass is 539 g/mol. The molecule has 4 aromatic rings. The van der Waals surface area contributed by atoms with E-state index in [9.17, 15) is 26.4 Å². The maximum atomic E-state index is 13.4. The number of benzene rings is 4. The quantitative estimate of drug-likeness (QED) is 0.263. The van der Waals surface area contributed by atoms with E-state index in [1.807, 2.05) is 30.3 Å². The van der Waals surface area contributed by atoms with E-state index < -0.39 is 21.6 Å². The lowest BCUT2D eigenvalue weighted by Gasteiger charge is -2.21. The van der Waals surface area contributed by atoms with Gasteiger partial charge in [0.2, 0.25) is 5.91 Å². The molecule has 0 aromatic heterocycles. The maximum Gasteiger partial charge on any atom is 0.416 e. The summed E-state index contributed by atoms with van der Waals surface area (Å²) in [7, 11) is -3.46. The molecule has 0 unspecified atom stereocenters. The second-order valence-electron chi connectivity index (χ2n) is 8.47. The van der Waals surface area contributed by atoms with Gasteiger partial charge in [-0.05, 0) is 53.6 Å². The van der Waals surface area contributed by atoms with Crippen LogP contribution in [0.2, 0.25) is 0 Å². The van der Waals surface area contributed by atoms with Gasteiger partial charge in [0.15, 0.2) is 9.84 Å². The Morgan fingerprint density at radius 2 is 1.55 bits per heavy atom. The van der Waals surface area contributed by atoms with Crippen molar-refractivity contribution >= 4 is 21.4 Å². The summed E-state index contributed by atoms with van der Waals surface area (Å²) in [5.41, 5.74) is 1.67. The minimum Gasteiger partial charge on any atom is -0.456 e. The van der Waals surface area contributed by atoms with Crippen LogP contribution in [-0.2, 0) is 20.8 Å². The van der Waals surface area contributed by atoms with Gasteiger partial charge >= 0.3 is 6.18 Å². The Bertz CT molecular complexity index is 1570. The number of alkyl halides is 3. The first-order chi connectivity index (χ1) is 18.0. The van der Waals surface area contributed by atoms with Gasteiger partial charge < -0.3 is 10.1 Å². The standard InChI is InChI=1S/C29H24F3NO4S/c1-3-38(35,36)24-14-12-21(13-15-24)27-26(33-19(2)34)17-16-25(20-8-5-4-6-9-20)28(27)37-23-11-7-10-22(18-23)29(30,31)32/h4-18H,3H2,1-2H3,(H,33,34). The summed E-state index contributed by atoms with van der Waals surface area (Å²) in [5, 5.41) is 2.75. The average Bonchev–Trinajstić information content (AvgIpc) is 2.89. The highest BCUT2D eigenvalue weighted by atomic mass is 32.2. The molecule has 4 aromatic carbocycles. The molecule has 1 N–H and O–H groups in total. The van der Waals surface area contributed by atoms with E-state index in [4.69, 9.17) is 4.74 Å². The zero-order valence-corrected chi connectivity index (χ0v) is 21.4. The van der Waals surface area contributed by atoms with Gasteiger partial charge in [0.25, 0.3) is 0 Å². The van der Waals surface area contributed by atoms with Crippen molar-refractivity contribution in [3.63, 3.8) is 0 Å². The zero-order chi connectivity index (χ0) is 27.5. The third kappa shape index (κ3) is 5.89. The summed E-state index contributed by atoms with van der Waals surface area (Å²) in [6, 6.07) is 23.1. The van der Waals surface area contributed by atoms with Crippen molar-refractivity contribution in [1.29, 1.82) is 0 Å². The first-order valence-electron chi connectivity index (χ1n) is 11.7. The molecule has 0 saturated heterocycles. The molecule has 9 heteroatoms. The summed E-state index contributed by atoms with van der Waals surface area (Å²) < 4.78 is 71.1. The molecule has 1 amide bonds. The number of rotatable bonds is 7. The molecular formula is C29H24F3NO4S. The topological polar surface area (TPSA) is 72.5 Å². The number of ether oxygens (including phenoxy) is 1. The number of hydrogen-bond acceptors (Lipinski definition) is 4. The molecule has 0 aliphatic rings. The normalized spacial score (nSPS) is 11.7. The fraction of sp³-hybridized carbons (Fsp3) is 0.138. The number of carbonyl (C=O) groups excluding carboxylic acids is 1. The Labute approximate surface area is 218 Å². The van der Waals surface area contributed by atoms with Gasteiger partial charge in [0.05, 0.1) is 21.9 Å². The Kier molecular flexibility index (Phi) is 7.59. The second kappa shape index (κ2) is 10.7. The van der Waals surface area contributed by atoms with E-state index in [2.05, 4.69) is 5.32 Å². The van der Waals surface area contributed by atoms with Crippen molar-refractivity contribution in [3.8, 4) is 33.8 Å². The third-order valence-electron chi connectivity index (χ3n) is 5.82. The molecule has 0 bridgehead atoms. The number of sulfone groups is 1. The number of halogens is 3. The van der Waals surface area contributed by atoms with Crippen LogP contribution in [0.25, 0.3) is 22.3 Å². The Hall–Kier alpha value is -4.11. The van der Waals surface area contributed by atoms with Crippen molar-refractivity contribution < 1.29 is 31.1 Å². The first-order valence-corrected chi connectivity index (χ1v) is 13.3. The number of amides is 1. The zero-order valence-electron chi connectivity index (χ0n) is 20.5. The smallest absolute Gasteiger partial charge is 0.416 e. The molecule has 0 fully saturated rings. The van der Waals surface area contributed by atoms with Gasteiger partial charge in [-0.3, -0.25) is 4.79 Å². The van der Waals surface area contributed by atoms with Crippen LogP contribution in [0.5, 0.6) is 11.5 Å². The van der Waals surface area contributed by atoms with E-state index in [1.165, 1.54) is 31.2 Å².